The summed E-state index contributed by atoms with van der Waals surface area (Å²) < 4.78 is 5.70. The maximum atomic E-state index is 5.70. The van der Waals surface area contributed by atoms with E-state index in [1.54, 1.807) is 7.11 Å². The quantitative estimate of drug-likeness (QED) is 0.809. The number of methoxy groups -OCH3 is 1. The lowest BCUT2D eigenvalue weighted by atomic mass is 9.79. The highest BCUT2D eigenvalue weighted by Gasteiger charge is 2.24. The first kappa shape index (κ1) is 15.2. The van der Waals surface area contributed by atoms with Crippen LogP contribution >= 0.6 is 0 Å². The summed E-state index contributed by atoms with van der Waals surface area (Å²) in [6.07, 6.45) is 0.133. The Balaban J connectivity index is 3.26. The Bertz CT molecular complexity index is 391. The van der Waals surface area contributed by atoms with Crippen LogP contribution < -0.4 is 0 Å². The molecule has 0 N–H and O–H groups in total. The Morgan fingerprint density at radius 1 is 1.22 bits per heavy atom. The van der Waals surface area contributed by atoms with Crippen molar-refractivity contribution in [3.05, 3.63) is 34.9 Å². The molecule has 0 saturated heterocycles. The van der Waals surface area contributed by atoms with E-state index in [2.05, 4.69) is 64.9 Å². The second kappa shape index (κ2) is 5.85. The first-order valence-corrected chi connectivity index (χ1v) is 6.55. The van der Waals surface area contributed by atoms with Crippen LogP contribution in [0.15, 0.2) is 18.2 Å². The molecular weight excluding hydrogens is 222 g/mol. The molecule has 0 aromatic heterocycles. The molecule has 0 amide bonds. The molecule has 18 heavy (non-hydrogen) atoms. The zero-order valence-electron chi connectivity index (χ0n) is 12.9. The molecule has 102 valence electrons. The monoisotopic (exact) mass is 249 g/mol. The van der Waals surface area contributed by atoms with Crippen LogP contribution in [0.4, 0.5) is 0 Å². The minimum Gasteiger partial charge on any atom is -0.375 e. The molecule has 1 aromatic carbocycles. The van der Waals surface area contributed by atoms with E-state index >= 15 is 0 Å². The first-order valence-electron chi connectivity index (χ1n) is 6.55. The number of benzene rings is 1. The minimum atomic E-state index is 0.133. The lowest BCUT2D eigenvalue weighted by Crippen LogP contribution is -2.25. The highest BCUT2D eigenvalue weighted by Crippen LogP contribution is 2.33. The first-order chi connectivity index (χ1) is 8.27. The zero-order valence-corrected chi connectivity index (χ0v) is 12.9. The van der Waals surface area contributed by atoms with Gasteiger partial charge in [-0.25, -0.2) is 0 Å². The molecule has 0 saturated carbocycles. The summed E-state index contributed by atoms with van der Waals surface area (Å²) in [5.74, 6) is 0. The molecule has 1 aromatic rings. The normalized spacial score (nSPS) is 14.0. The molecule has 0 heterocycles. The van der Waals surface area contributed by atoms with Crippen LogP contribution in [0.25, 0.3) is 0 Å². The summed E-state index contributed by atoms with van der Waals surface area (Å²) >= 11 is 0. The van der Waals surface area contributed by atoms with Crippen LogP contribution in [0.5, 0.6) is 0 Å². The minimum absolute atomic E-state index is 0.133. The predicted molar refractivity (Wildman–Crippen MR) is 78.2 cm³/mol. The molecule has 2 heteroatoms. The van der Waals surface area contributed by atoms with Crippen LogP contribution in [0, 0.1) is 6.92 Å². The molecule has 0 aliphatic carbocycles. The van der Waals surface area contributed by atoms with Crippen LogP contribution in [0.1, 0.15) is 43.6 Å². The summed E-state index contributed by atoms with van der Waals surface area (Å²) in [4.78, 5) is 2.17. The third-order valence-electron chi connectivity index (χ3n) is 3.22. The Morgan fingerprint density at radius 3 is 2.28 bits per heavy atom. The molecule has 0 fully saturated rings. The van der Waals surface area contributed by atoms with Crippen LogP contribution in [0.3, 0.4) is 0 Å². The van der Waals surface area contributed by atoms with Gasteiger partial charge in [-0.3, -0.25) is 0 Å². The van der Waals surface area contributed by atoms with E-state index in [0.717, 1.165) is 6.54 Å². The largest absolute Gasteiger partial charge is 0.375 e. The molecule has 1 unspecified atom stereocenters. The summed E-state index contributed by atoms with van der Waals surface area (Å²) in [7, 11) is 5.96. The Morgan fingerprint density at radius 2 is 1.83 bits per heavy atom. The third-order valence-corrected chi connectivity index (χ3v) is 3.22. The van der Waals surface area contributed by atoms with Crippen LogP contribution in [-0.4, -0.2) is 32.6 Å². The second-order valence-electron chi connectivity index (χ2n) is 6.28. The van der Waals surface area contributed by atoms with E-state index in [-0.39, 0.29) is 11.5 Å². The van der Waals surface area contributed by atoms with Gasteiger partial charge in [0.05, 0.1) is 6.10 Å². The molecule has 1 atom stereocenters. The fourth-order valence-electron chi connectivity index (χ4n) is 2.61. The number of hydrogen-bond donors (Lipinski definition) is 0. The lowest BCUT2D eigenvalue weighted by molar-refractivity contribution is 0.0770. The van der Waals surface area contributed by atoms with Crippen molar-refractivity contribution in [1.82, 2.24) is 4.90 Å². The lowest BCUT2D eigenvalue weighted by Gasteiger charge is -2.30. The van der Waals surface area contributed by atoms with Crippen molar-refractivity contribution in [3.63, 3.8) is 0 Å². The summed E-state index contributed by atoms with van der Waals surface area (Å²) in [5, 5.41) is 0. The highest BCUT2D eigenvalue weighted by molar-refractivity contribution is 5.41. The van der Waals surface area contributed by atoms with Crippen molar-refractivity contribution in [3.8, 4) is 0 Å². The van der Waals surface area contributed by atoms with Crippen LogP contribution in [0.2, 0.25) is 0 Å². The van der Waals surface area contributed by atoms with Gasteiger partial charge in [0.15, 0.2) is 0 Å². The van der Waals surface area contributed by atoms with Gasteiger partial charge in [0.1, 0.15) is 0 Å². The number of nitrogens with zero attached hydrogens (tertiary/aromatic N) is 1. The summed E-state index contributed by atoms with van der Waals surface area (Å²) in [5.41, 5.74) is 4.22. The average Bonchev–Trinajstić information content (AvgIpc) is 2.23. The van der Waals surface area contributed by atoms with Gasteiger partial charge >= 0.3 is 0 Å². The van der Waals surface area contributed by atoms with Gasteiger partial charge < -0.3 is 9.64 Å². The average molecular weight is 249 g/mol. The smallest absolute Gasteiger partial charge is 0.0950 e. The summed E-state index contributed by atoms with van der Waals surface area (Å²) in [6.45, 7) is 9.89. The van der Waals surface area contributed by atoms with Gasteiger partial charge in [-0.2, -0.15) is 0 Å². The molecule has 0 radical (unpaired) electrons. The third kappa shape index (κ3) is 3.56. The van der Waals surface area contributed by atoms with Crippen molar-refractivity contribution in [2.45, 2.75) is 39.2 Å². The van der Waals surface area contributed by atoms with E-state index in [1.165, 1.54) is 16.7 Å². The van der Waals surface area contributed by atoms with Crippen molar-refractivity contribution in [2.24, 2.45) is 0 Å². The number of hydrogen-bond acceptors (Lipinski definition) is 2. The fourth-order valence-corrected chi connectivity index (χ4v) is 2.61. The Labute approximate surface area is 112 Å². The van der Waals surface area contributed by atoms with Gasteiger partial charge in [0, 0.05) is 13.7 Å². The predicted octanol–water partition coefficient (Wildman–Crippen LogP) is 3.54. The standard InChI is InChI=1S/C16H27NO/c1-12-9-8-10-13(15(12)16(2,3)4)14(18-7)11-17(5)6/h8-10,14H,11H2,1-7H3. The topological polar surface area (TPSA) is 12.5 Å². The van der Waals surface area contributed by atoms with E-state index in [4.69, 9.17) is 4.74 Å². The number of likely N-dealkylation sites (N-methyl/N-ethyl adjacent to an activating group) is 1. The van der Waals surface area contributed by atoms with Crippen LogP contribution in [-0.2, 0) is 10.2 Å². The number of aryl methyl sites for hydroxylation is 1. The van der Waals surface area contributed by atoms with Crippen molar-refractivity contribution < 1.29 is 4.74 Å². The molecule has 0 aliphatic heterocycles. The van der Waals surface area contributed by atoms with Gasteiger partial charge in [-0.05, 0) is 43.1 Å². The highest BCUT2D eigenvalue weighted by atomic mass is 16.5. The molecule has 2 nitrogen and oxygen atoms in total. The summed E-state index contributed by atoms with van der Waals surface area (Å²) in [6, 6.07) is 6.51. The Hall–Kier alpha value is -0.860. The maximum Gasteiger partial charge on any atom is 0.0950 e. The number of rotatable bonds is 4. The van der Waals surface area contributed by atoms with E-state index < -0.39 is 0 Å². The molecule has 0 spiro atoms. The zero-order chi connectivity index (χ0) is 13.9. The maximum absolute atomic E-state index is 5.70. The van der Waals surface area contributed by atoms with E-state index in [1.807, 2.05) is 0 Å². The SMILES string of the molecule is COC(CN(C)C)c1cccc(C)c1C(C)(C)C. The molecule has 0 bridgehead atoms. The van der Waals surface area contributed by atoms with Gasteiger partial charge in [-0.1, -0.05) is 39.0 Å². The van der Waals surface area contributed by atoms with Crippen molar-refractivity contribution in [1.29, 1.82) is 0 Å². The van der Waals surface area contributed by atoms with Crippen molar-refractivity contribution in [2.75, 3.05) is 27.7 Å². The van der Waals surface area contributed by atoms with Gasteiger partial charge in [-0.15, -0.1) is 0 Å². The molecule has 0 aliphatic rings. The Kier molecular flexibility index (Phi) is 4.94. The second-order valence-corrected chi connectivity index (χ2v) is 6.28. The fraction of sp³-hybridized carbons (Fsp3) is 0.625. The molecular formula is C16H27NO. The van der Waals surface area contributed by atoms with Gasteiger partial charge in [0.25, 0.3) is 0 Å². The van der Waals surface area contributed by atoms with E-state index in [0.29, 0.717) is 0 Å². The van der Waals surface area contributed by atoms with Gasteiger partial charge in [0.2, 0.25) is 0 Å². The number of ether oxygens (including phenoxy) is 1. The molecule has 1 rings (SSSR count). The van der Waals surface area contributed by atoms with Crippen molar-refractivity contribution >= 4 is 0 Å². The van der Waals surface area contributed by atoms with E-state index in [9.17, 15) is 0 Å².